The minimum atomic E-state index is -0.754. The molecule has 5 rings (SSSR count). The quantitative estimate of drug-likeness (QED) is 0.243. The fraction of sp³-hybridized carbons (Fsp3) is 0.344. The van der Waals surface area contributed by atoms with Crippen LogP contribution in [0.1, 0.15) is 39.5 Å². The molecule has 0 radical (unpaired) electrons. The van der Waals surface area contributed by atoms with Gasteiger partial charge in [0.25, 0.3) is 5.91 Å². The van der Waals surface area contributed by atoms with Crippen LogP contribution in [-0.4, -0.2) is 47.1 Å². The van der Waals surface area contributed by atoms with E-state index in [1.807, 2.05) is 42.5 Å². The van der Waals surface area contributed by atoms with Crippen LogP contribution in [0.3, 0.4) is 0 Å². The first-order valence-corrected chi connectivity index (χ1v) is 14.7. The van der Waals surface area contributed by atoms with Crippen LogP contribution in [0.25, 0.3) is 10.9 Å². The average molecular weight is 543 g/mol. The van der Waals surface area contributed by atoms with Crippen LogP contribution in [0.15, 0.2) is 72.9 Å². The number of nitrogens with zero attached hydrogens (tertiary/aromatic N) is 2. The van der Waals surface area contributed by atoms with Gasteiger partial charge in [-0.15, -0.1) is 0 Å². The second-order valence-electron chi connectivity index (χ2n) is 10.4. The molecule has 2 atom stereocenters. The first kappa shape index (κ1) is 27.3. The van der Waals surface area contributed by atoms with Gasteiger partial charge in [-0.3, -0.25) is 4.79 Å². The predicted octanol–water partition coefficient (Wildman–Crippen LogP) is 5.10. The monoisotopic (exact) mass is 542 g/mol. The van der Waals surface area contributed by atoms with E-state index >= 15 is 0 Å². The maximum Gasteiger partial charge on any atom is 0.251 e. The van der Waals surface area contributed by atoms with Crippen molar-refractivity contribution in [3.63, 3.8) is 0 Å². The van der Waals surface area contributed by atoms with Crippen molar-refractivity contribution >= 4 is 34.4 Å². The lowest BCUT2D eigenvalue weighted by molar-refractivity contribution is 0.0830. The van der Waals surface area contributed by atoms with Crippen LogP contribution >= 0.6 is 11.9 Å². The number of benzene rings is 3. The van der Waals surface area contributed by atoms with Crippen LogP contribution in [0.4, 0.5) is 5.69 Å². The molecular formula is C32H38N4O2S. The number of aliphatic hydroxyl groups is 1. The molecule has 7 heteroatoms. The van der Waals surface area contributed by atoms with E-state index in [0.29, 0.717) is 25.1 Å². The maximum atomic E-state index is 13.7. The van der Waals surface area contributed by atoms with Gasteiger partial charge in [0.15, 0.2) is 0 Å². The molecule has 1 aliphatic rings. The van der Waals surface area contributed by atoms with Gasteiger partial charge < -0.3 is 24.6 Å². The SMILES string of the molecule is CCc1cn2c3c(cc(C(=O)N[C@@H](Cc4ccccc4)[C@H](O)CNCc4ccc(C)cc4)cc13)N(C)SCC2. The summed E-state index contributed by atoms with van der Waals surface area (Å²) in [7, 11) is 2.07. The highest BCUT2D eigenvalue weighted by atomic mass is 32.2. The molecule has 0 aliphatic carbocycles. The Labute approximate surface area is 235 Å². The third kappa shape index (κ3) is 6.32. The second kappa shape index (κ2) is 12.3. The molecule has 3 aromatic carbocycles. The molecular weight excluding hydrogens is 504 g/mol. The van der Waals surface area contributed by atoms with E-state index in [0.717, 1.165) is 40.9 Å². The van der Waals surface area contributed by atoms with E-state index < -0.39 is 12.1 Å². The number of hydrogen-bond donors (Lipinski definition) is 3. The summed E-state index contributed by atoms with van der Waals surface area (Å²) in [6.07, 6.45) is 2.93. The summed E-state index contributed by atoms with van der Waals surface area (Å²) < 4.78 is 4.50. The highest BCUT2D eigenvalue weighted by Crippen LogP contribution is 2.37. The van der Waals surface area contributed by atoms with E-state index in [1.165, 1.54) is 16.6 Å². The normalized spacial score (nSPS) is 14.7. The largest absolute Gasteiger partial charge is 0.390 e. The van der Waals surface area contributed by atoms with Gasteiger partial charge in [0.1, 0.15) is 0 Å². The molecule has 6 nitrogen and oxygen atoms in total. The minimum absolute atomic E-state index is 0.163. The van der Waals surface area contributed by atoms with Gasteiger partial charge in [-0.05, 0) is 60.5 Å². The number of carbonyl (C=O) groups is 1. The molecule has 0 unspecified atom stereocenters. The van der Waals surface area contributed by atoms with Crippen molar-refractivity contribution in [2.75, 3.05) is 23.7 Å². The number of hydrogen-bond acceptors (Lipinski definition) is 5. The molecule has 0 saturated heterocycles. The molecule has 0 fully saturated rings. The Kier molecular flexibility index (Phi) is 8.60. The van der Waals surface area contributed by atoms with Crippen molar-refractivity contribution in [2.24, 2.45) is 0 Å². The van der Waals surface area contributed by atoms with Crippen molar-refractivity contribution in [3.05, 3.63) is 101 Å². The lowest BCUT2D eigenvalue weighted by atomic mass is 9.99. The Hall–Kier alpha value is -3.26. The summed E-state index contributed by atoms with van der Waals surface area (Å²) in [5.74, 6) is 0.824. The van der Waals surface area contributed by atoms with Crippen molar-refractivity contribution in [2.45, 2.75) is 51.9 Å². The summed E-state index contributed by atoms with van der Waals surface area (Å²) in [6, 6.07) is 22.0. The average Bonchev–Trinajstić information content (AvgIpc) is 3.22. The van der Waals surface area contributed by atoms with E-state index in [2.05, 4.69) is 70.9 Å². The number of amides is 1. The molecule has 0 spiro atoms. The van der Waals surface area contributed by atoms with Gasteiger partial charge in [0.05, 0.1) is 23.3 Å². The zero-order valence-electron chi connectivity index (χ0n) is 23.0. The van der Waals surface area contributed by atoms with Crippen LogP contribution in [0.5, 0.6) is 0 Å². The number of aliphatic hydroxyl groups excluding tert-OH is 1. The Balaban J connectivity index is 1.37. The van der Waals surface area contributed by atoms with Crippen molar-refractivity contribution in [1.82, 2.24) is 15.2 Å². The smallest absolute Gasteiger partial charge is 0.251 e. The molecule has 0 bridgehead atoms. The van der Waals surface area contributed by atoms with Gasteiger partial charge in [-0.25, -0.2) is 0 Å². The summed E-state index contributed by atoms with van der Waals surface area (Å²) >= 11 is 1.77. The van der Waals surface area contributed by atoms with Gasteiger partial charge in [0, 0.05) is 49.6 Å². The molecule has 3 N–H and O–H groups in total. The molecule has 4 aromatic rings. The maximum absolute atomic E-state index is 13.7. The molecule has 1 aliphatic heterocycles. The van der Waals surface area contributed by atoms with Crippen molar-refractivity contribution in [1.29, 1.82) is 0 Å². The molecule has 2 heterocycles. The van der Waals surface area contributed by atoms with E-state index in [4.69, 9.17) is 0 Å². The minimum Gasteiger partial charge on any atom is -0.390 e. The predicted molar refractivity (Wildman–Crippen MR) is 162 cm³/mol. The Morgan fingerprint density at radius 2 is 1.85 bits per heavy atom. The number of anilines is 1. The summed E-state index contributed by atoms with van der Waals surface area (Å²) in [4.78, 5) is 13.7. The molecule has 39 heavy (non-hydrogen) atoms. The Morgan fingerprint density at radius 1 is 1.08 bits per heavy atom. The first-order valence-electron chi connectivity index (χ1n) is 13.7. The fourth-order valence-electron chi connectivity index (χ4n) is 5.28. The Morgan fingerprint density at radius 3 is 2.59 bits per heavy atom. The molecule has 1 aromatic heterocycles. The van der Waals surface area contributed by atoms with Gasteiger partial charge in [-0.2, -0.15) is 0 Å². The first-order chi connectivity index (χ1) is 18.9. The van der Waals surface area contributed by atoms with Crippen molar-refractivity contribution < 1.29 is 9.90 Å². The van der Waals surface area contributed by atoms with Crippen LogP contribution in [-0.2, 0) is 25.9 Å². The zero-order valence-corrected chi connectivity index (χ0v) is 23.8. The van der Waals surface area contributed by atoms with Crippen LogP contribution in [0.2, 0.25) is 0 Å². The lowest BCUT2D eigenvalue weighted by Crippen LogP contribution is -2.48. The standard InChI is InChI=1S/C32H38N4O2S/c1-4-25-21-36-14-15-39-35(3)29-18-26(17-27(25)31(29)36)32(38)34-28(16-23-8-6-5-7-9-23)30(37)20-33-19-24-12-10-22(2)11-13-24/h5-13,17-18,21,28,30,33,37H,4,14-16,19-20H2,1-3H3,(H,34,38)/t28-,30+/m0/s1. The lowest BCUT2D eigenvalue weighted by Gasteiger charge is -2.25. The Bertz CT molecular complexity index is 1420. The summed E-state index contributed by atoms with van der Waals surface area (Å²) in [6.45, 7) is 6.21. The number of rotatable bonds is 10. The summed E-state index contributed by atoms with van der Waals surface area (Å²) in [5, 5.41) is 18.9. The van der Waals surface area contributed by atoms with Crippen LogP contribution < -0.4 is 14.9 Å². The highest BCUT2D eigenvalue weighted by molar-refractivity contribution is 8.00. The van der Waals surface area contributed by atoms with Crippen molar-refractivity contribution in [3.8, 4) is 0 Å². The molecule has 204 valence electrons. The third-order valence-electron chi connectivity index (χ3n) is 7.52. The van der Waals surface area contributed by atoms with Gasteiger partial charge >= 0.3 is 0 Å². The fourth-order valence-corrected chi connectivity index (χ4v) is 6.11. The molecule has 0 saturated carbocycles. The number of aryl methyl sites for hydroxylation is 3. The summed E-state index contributed by atoms with van der Waals surface area (Å²) in [5.41, 5.74) is 7.58. The third-order valence-corrected chi connectivity index (χ3v) is 8.47. The second-order valence-corrected chi connectivity index (χ2v) is 11.6. The molecule has 1 amide bonds. The topological polar surface area (TPSA) is 69.5 Å². The van der Waals surface area contributed by atoms with Gasteiger partial charge in [-0.1, -0.05) is 67.1 Å². The van der Waals surface area contributed by atoms with E-state index in [-0.39, 0.29) is 5.91 Å². The van der Waals surface area contributed by atoms with E-state index in [9.17, 15) is 9.90 Å². The zero-order chi connectivity index (χ0) is 27.4. The van der Waals surface area contributed by atoms with Crippen LogP contribution in [0, 0.1) is 6.92 Å². The van der Waals surface area contributed by atoms with Gasteiger partial charge in [0.2, 0.25) is 0 Å². The number of carbonyl (C=O) groups excluding carboxylic acids is 1. The highest BCUT2D eigenvalue weighted by Gasteiger charge is 2.25. The number of aromatic nitrogens is 1. The van der Waals surface area contributed by atoms with E-state index in [1.54, 1.807) is 11.9 Å². The number of nitrogens with one attached hydrogen (secondary N) is 2.